The first-order valence-electron chi connectivity index (χ1n) is 11.4. The van der Waals surface area contributed by atoms with Gasteiger partial charge in [-0.15, -0.1) is 0 Å². The first kappa shape index (κ1) is 25.9. The van der Waals surface area contributed by atoms with Crippen molar-refractivity contribution >= 4 is 11.8 Å². The molecule has 1 aliphatic rings. The van der Waals surface area contributed by atoms with E-state index >= 15 is 0 Å². The van der Waals surface area contributed by atoms with Gasteiger partial charge >= 0.3 is 29.6 Å². The van der Waals surface area contributed by atoms with Gasteiger partial charge in [-0.3, -0.25) is 9.69 Å². The van der Waals surface area contributed by atoms with Crippen LogP contribution in [0.2, 0.25) is 0 Å². The first-order chi connectivity index (χ1) is 17.1. The fraction of sp³-hybridized carbons (Fsp3) is 0.179. The number of benzene rings is 3. The Morgan fingerprint density at radius 3 is 2.39 bits per heavy atom. The molecule has 0 aliphatic carbocycles. The zero-order chi connectivity index (χ0) is 24.2. The average Bonchev–Trinajstić information content (AvgIpc) is 3.48. The van der Waals surface area contributed by atoms with E-state index in [1.165, 1.54) is 0 Å². The summed E-state index contributed by atoms with van der Waals surface area (Å²) in [4.78, 5) is 30.1. The molecular formula is C28H23N2NaO5. The van der Waals surface area contributed by atoms with Crippen LogP contribution in [0.15, 0.2) is 89.3 Å². The van der Waals surface area contributed by atoms with Gasteiger partial charge in [0.2, 0.25) is 5.89 Å². The molecule has 3 aromatic carbocycles. The van der Waals surface area contributed by atoms with E-state index in [9.17, 15) is 14.7 Å². The Kier molecular flexibility index (Phi) is 8.38. The van der Waals surface area contributed by atoms with Gasteiger partial charge in [-0.25, -0.2) is 4.98 Å². The van der Waals surface area contributed by atoms with E-state index in [4.69, 9.17) is 14.1 Å². The molecule has 1 fully saturated rings. The second-order valence-electron chi connectivity index (χ2n) is 8.43. The van der Waals surface area contributed by atoms with Crippen LogP contribution < -0.4 is 39.4 Å². The quantitative estimate of drug-likeness (QED) is 0.335. The number of likely N-dealkylation sites (tertiary alicyclic amines) is 1. The normalized spacial score (nSPS) is 15.4. The number of Topliss-reactive ketones (excluding diaryl/α,β-unsaturated/α-hetero) is 1. The van der Waals surface area contributed by atoms with Crippen molar-refractivity contribution in [1.82, 2.24) is 9.88 Å². The number of carboxylic acids is 1. The van der Waals surface area contributed by atoms with E-state index in [2.05, 4.69) is 0 Å². The molecular weight excluding hydrogens is 467 g/mol. The minimum absolute atomic E-state index is 0. The summed E-state index contributed by atoms with van der Waals surface area (Å²) in [6.45, 7) is 0.219. The largest absolute Gasteiger partial charge is 1.00 e. The number of aliphatic carboxylic acids is 1. The number of ether oxygens (including phenoxy) is 1. The summed E-state index contributed by atoms with van der Waals surface area (Å²) in [5.74, 6) is 0.428. The molecule has 8 heteroatoms. The number of aromatic nitrogens is 1. The van der Waals surface area contributed by atoms with Crippen molar-refractivity contribution in [3.8, 4) is 28.3 Å². The van der Waals surface area contributed by atoms with Crippen molar-refractivity contribution in [2.45, 2.75) is 19.0 Å². The first-order valence-corrected chi connectivity index (χ1v) is 11.4. The molecule has 7 nitrogen and oxygen atoms in total. The van der Waals surface area contributed by atoms with E-state index in [-0.39, 0.29) is 47.9 Å². The van der Waals surface area contributed by atoms with Gasteiger partial charge in [-0.1, -0.05) is 72.8 Å². The topological polar surface area (TPSA) is 95.7 Å². The molecule has 0 unspecified atom stereocenters. The number of carboxylic acid groups (broad SMARTS) is 1. The van der Waals surface area contributed by atoms with Crippen molar-refractivity contribution in [3.63, 3.8) is 0 Å². The predicted octanol–water partition coefficient (Wildman–Crippen LogP) is 0.657. The van der Waals surface area contributed by atoms with Crippen molar-refractivity contribution < 1.29 is 53.4 Å². The number of hydrogen-bond donors (Lipinski definition) is 0. The van der Waals surface area contributed by atoms with Crippen LogP contribution in [0.5, 0.6) is 5.75 Å². The molecule has 0 spiro atoms. The van der Waals surface area contributed by atoms with Crippen LogP contribution in [0.1, 0.15) is 23.9 Å². The van der Waals surface area contributed by atoms with Gasteiger partial charge < -0.3 is 19.1 Å². The maximum atomic E-state index is 12.5. The van der Waals surface area contributed by atoms with Crippen molar-refractivity contribution in [3.05, 3.63) is 96.4 Å². The van der Waals surface area contributed by atoms with E-state index in [0.717, 1.165) is 22.4 Å². The van der Waals surface area contributed by atoms with Gasteiger partial charge in [0.05, 0.1) is 18.6 Å². The molecule has 36 heavy (non-hydrogen) atoms. The number of hydrogen-bond acceptors (Lipinski definition) is 7. The Balaban J connectivity index is 0.00000304. The Morgan fingerprint density at radius 1 is 1.00 bits per heavy atom. The molecule has 1 aliphatic heterocycles. The van der Waals surface area contributed by atoms with Crippen molar-refractivity contribution in [2.75, 3.05) is 13.2 Å². The van der Waals surface area contributed by atoms with E-state index in [0.29, 0.717) is 30.4 Å². The van der Waals surface area contributed by atoms with E-state index in [1.54, 1.807) is 18.2 Å². The Hall–Kier alpha value is -3.23. The summed E-state index contributed by atoms with van der Waals surface area (Å²) in [5, 5.41) is 10.7. The Labute approximate surface area is 231 Å². The third-order valence-corrected chi connectivity index (χ3v) is 5.89. The zero-order valence-electron chi connectivity index (χ0n) is 19.9. The van der Waals surface area contributed by atoms with E-state index in [1.807, 2.05) is 71.6 Å². The molecule has 1 aromatic heterocycles. The van der Waals surface area contributed by atoms with Gasteiger partial charge in [0, 0.05) is 24.1 Å². The molecule has 1 saturated heterocycles. The molecule has 0 bridgehead atoms. The number of ketones is 1. The maximum absolute atomic E-state index is 12.5. The summed E-state index contributed by atoms with van der Waals surface area (Å²) < 4.78 is 11.6. The van der Waals surface area contributed by atoms with Crippen LogP contribution in [-0.2, 0) is 16.1 Å². The summed E-state index contributed by atoms with van der Waals surface area (Å²) >= 11 is 0. The number of oxazole rings is 1. The average molecular weight is 490 g/mol. The van der Waals surface area contributed by atoms with Crippen molar-refractivity contribution in [2.24, 2.45) is 0 Å². The summed E-state index contributed by atoms with van der Waals surface area (Å²) in [7, 11) is 0. The molecule has 2 heterocycles. The van der Waals surface area contributed by atoms with Gasteiger partial charge in [0.15, 0.2) is 5.76 Å². The zero-order valence-corrected chi connectivity index (χ0v) is 21.9. The van der Waals surface area contributed by atoms with Gasteiger partial charge in [-0.2, -0.15) is 0 Å². The molecule has 0 saturated carbocycles. The standard InChI is InChI=1S/C28H24N2O5.Na/c31-22-15-24(30(17-22)16-19-8-7-13-23(14-19)34-18-25(32)33)28-29-26(20-9-3-1-4-10-20)27(35-28)21-11-5-2-6-12-21;/h1-14,24H,15-18H2,(H,32,33);/q;+1/p-1/t24-;/m1./s1. The number of rotatable bonds is 8. The van der Waals surface area contributed by atoms with Gasteiger partial charge in [0.25, 0.3) is 0 Å². The van der Waals surface area contributed by atoms with Crippen LogP contribution >= 0.6 is 0 Å². The minimum atomic E-state index is -1.28. The molecule has 5 rings (SSSR count). The molecule has 0 N–H and O–H groups in total. The van der Waals surface area contributed by atoms with Crippen LogP contribution in [0.4, 0.5) is 0 Å². The van der Waals surface area contributed by atoms with Gasteiger partial charge in [0.1, 0.15) is 23.8 Å². The second kappa shape index (κ2) is 11.7. The van der Waals surface area contributed by atoms with Gasteiger partial charge in [-0.05, 0) is 17.7 Å². The minimum Gasteiger partial charge on any atom is -0.546 e. The summed E-state index contributed by atoms with van der Waals surface area (Å²) in [6, 6.07) is 26.5. The number of carbonyl (C=O) groups excluding carboxylic acids is 2. The molecule has 0 radical (unpaired) electrons. The third kappa shape index (κ3) is 5.94. The van der Waals surface area contributed by atoms with Crippen LogP contribution in [0.3, 0.4) is 0 Å². The number of carbonyl (C=O) groups is 2. The molecule has 4 aromatic rings. The third-order valence-electron chi connectivity index (χ3n) is 5.89. The molecule has 1 atom stereocenters. The second-order valence-corrected chi connectivity index (χ2v) is 8.43. The number of nitrogens with zero attached hydrogens (tertiary/aromatic N) is 2. The van der Waals surface area contributed by atoms with Crippen LogP contribution in [0.25, 0.3) is 22.6 Å². The maximum Gasteiger partial charge on any atom is 1.00 e. The van der Waals surface area contributed by atoms with Crippen LogP contribution in [-0.4, -0.2) is 34.8 Å². The Bertz CT molecular complexity index is 1280. The van der Waals surface area contributed by atoms with Crippen LogP contribution in [0, 0.1) is 0 Å². The van der Waals surface area contributed by atoms with E-state index < -0.39 is 12.6 Å². The molecule has 0 amide bonds. The Morgan fingerprint density at radius 2 is 1.69 bits per heavy atom. The SMILES string of the molecule is O=C([O-])COc1cccc(CN2CC(=O)C[C@@H]2c2nc(-c3ccccc3)c(-c3ccccc3)o2)c1.[Na+]. The fourth-order valence-electron chi connectivity index (χ4n) is 4.32. The predicted molar refractivity (Wildman–Crippen MR) is 127 cm³/mol. The fourth-order valence-corrected chi connectivity index (χ4v) is 4.32. The summed E-state index contributed by atoms with van der Waals surface area (Å²) in [5.41, 5.74) is 3.48. The summed E-state index contributed by atoms with van der Waals surface area (Å²) in [6.07, 6.45) is 0.309. The molecule has 176 valence electrons. The monoisotopic (exact) mass is 490 g/mol. The van der Waals surface area contributed by atoms with Crippen molar-refractivity contribution in [1.29, 1.82) is 0 Å². The smallest absolute Gasteiger partial charge is 0.546 e.